The van der Waals surface area contributed by atoms with Crippen LogP contribution in [0.15, 0.2) is 36.4 Å². The van der Waals surface area contributed by atoms with Crippen molar-refractivity contribution in [3.63, 3.8) is 0 Å². The lowest BCUT2D eigenvalue weighted by Gasteiger charge is -2.16. The van der Waals surface area contributed by atoms with Crippen molar-refractivity contribution in [3.05, 3.63) is 57.5 Å². The van der Waals surface area contributed by atoms with Crippen LogP contribution in [0.2, 0.25) is 0 Å². The predicted octanol–water partition coefficient (Wildman–Crippen LogP) is 2.47. The number of nitrogens with two attached hydrogens (primary N) is 1. The van der Waals surface area contributed by atoms with Gasteiger partial charge in [-0.1, -0.05) is 24.0 Å². The third kappa shape index (κ3) is 4.15. The van der Waals surface area contributed by atoms with Crippen molar-refractivity contribution in [2.24, 2.45) is 5.73 Å². The van der Waals surface area contributed by atoms with Crippen molar-refractivity contribution in [2.75, 3.05) is 13.6 Å². The number of halogens is 1. The number of carbonyl (C=O) groups is 1. The highest BCUT2D eigenvalue weighted by Crippen LogP contribution is 2.18. The summed E-state index contributed by atoms with van der Waals surface area (Å²) in [5, 5.41) is 0. The van der Waals surface area contributed by atoms with Crippen LogP contribution in [0.1, 0.15) is 20.1 Å². The molecule has 0 bridgehead atoms. The number of amides is 1. The Morgan fingerprint density at radius 3 is 2.90 bits per heavy atom. The van der Waals surface area contributed by atoms with Crippen LogP contribution in [0, 0.1) is 17.7 Å². The monoisotopic (exact) mass is 302 g/mol. The number of nitrogens with zero attached hydrogens (tertiary/aromatic N) is 1. The van der Waals surface area contributed by atoms with Crippen molar-refractivity contribution in [2.45, 2.75) is 6.54 Å². The van der Waals surface area contributed by atoms with E-state index in [1.807, 2.05) is 0 Å². The first-order valence-electron chi connectivity index (χ1n) is 6.39. The third-order valence-electron chi connectivity index (χ3n) is 2.79. The fourth-order valence-corrected chi connectivity index (χ4v) is 2.70. The maximum absolute atomic E-state index is 13.1. The fourth-order valence-electron chi connectivity index (χ4n) is 1.83. The summed E-state index contributed by atoms with van der Waals surface area (Å²) in [5.41, 5.74) is 6.07. The lowest BCUT2D eigenvalue weighted by atomic mass is 10.2. The number of thiophene rings is 1. The molecule has 21 heavy (non-hydrogen) atoms. The van der Waals surface area contributed by atoms with Gasteiger partial charge in [-0.15, -0.1) is 11.3 Å². The molecule has 0 aliphatic heterocycles. The van der Waals surface area contributed by atoms with Gasteiger partial charge in [0.05, 0.1) is 16.3 Å². The van der Waals surface area contributed by atoms with E-state index in [0.29, 0.717) is 18.0 Å². The van der Waals surface area contributed by atoms with E-state index in [-0.39, 0.29) is 11.7 Å². The van der Waals surface area contributed by atoms with Crippen molar-refractivity contribution in [1.82, 2.24) is 4.90 Å². The standard InChI is InChI=1S/C16H15FN2OS/c1-19(11-12-4-2-5-13(17)10-12)16(20)15-8-7-14(21-15)6-3-9-18/h2,4-5,7-8,10H,9,11,18H2,1H3. The zero-order valence-electron chi connectivity index (χ0n) is 11.6. The summed E-state index contributed by atoms with van der Waals surface area (Å²) in [7, 11) is 1.69. The van der Waals surface area contributed by atoms with Crippen molar-refractivity contribution >= 4 is 17.2 Å². The smallest absolute Gasteiger partial charge is 0.264 e. The van der Waals surface area contributed by atoms with Crippen LogP contribution in [0.5, 0.6) is 0 Å². The Balaban J connectivity index is 2.07. The van der Waals surface area contributed by atoms with Crippen LogP contribution >= 0.6 is 11.3 Å². The summed E-state index contributed by atoms with van der Waals surface area (Å²) in [4.78, 5) is 15.3. The quantitative estimate of drug-likeness (QED) is 0.885. The first-order chi connectivity index (χ1) is 10.1. The predicted molar refractivity (Wildman–Crippen MR) is 82.4 cm³/mol. The molecule has 0 atom stereocenters. The Hall–Kier alpha value is -2.16. The molecule has 0 spiro atoms. The molecule has 0 radical (unpaired) electrons. The summed E-state index contributed by atoms with van der Waals surface area (Å²) in [6, 6.07) is 9.78. The first kappa shape index (κ1) is 15.2. The van der Waals surface area contributed by atoms with E-state index in [1.54, 1.807) is 36.2 Å². The van der Waals surface area contributed by atoms with Gasteiger partial charge in [-0.2, -0.15) is 0 Å². The Morgan fingerprint density at radius 2 is 2.19 bits per heavy atom. The van der Waals surface area contributed by atoms with Crippen molar-refractivity contribution in [3.8, 4) is 11.8 Å². The van der Waals surface area contributed by atoms with Crippen molar-refractivity contribution in [1.29, 1.82) is 0 Å². The van der Waals surface area contributed by atoms with Crippen LogP contribution in [-0.2, 0) is 6.54 Å². The van der Waals surface area contributed by atoms with Gasteiger partial charge in [0.1, 0.15) is 5.82 Å². The van der Waals surface area contributed by atoms with Gasteiger partial charge < -0.3 is 10.6 Å². The SMILES string of the molecule is CN(Cc1cccc(F)c1)C(=O)c1ccc(C#CCN)s1. The van der Waals surface area contributed by atoms with Gasteiger partial charge in [0, 0.05) is 13.6 Å². The lowest BCUT2D eigenvalue weighted by molar-refractivity contribution is 0.0789. The summed E-state index contributed by atoms with van der Waals surface area (Å²) in [5.74, 6) is 5.24. The summed E-state index contributed by atoms with van der Waals surface area (Å²) in [6.45, 7) is 0.652. The molecule has 0 saturated heterocycles. The molecule has 1 aromatic carbocycles. The van der Waals surface area contributed by atoms with E-state index >= 15 is 0 Å². The highest BCUT2D eigenvalue weighted by Gasteiger charge is 2.14. The summed E-state index contributed by atoms with van der Waals surface area (Å²) < 4.78 is 13.1. The van der Waals surface area contributed by atoms with Crippen LogP contribution < -0.4 is 5.73 Å². The van der Waals surface area contributed by atoms with Gasteiger partial charge in [-0.3, -0.25) is 4.79 Å². The van der Waals surface area contributed by atoms with Crippen LogP contribution in [0.4, 0.5) is 4.39 Å². The van der Waals surface area contributed by atoms with Crippen molar-refractivity contribution < 1.29 is 9.18 Å². The molecule has 1 heterocycles. The molecule has 0 saturated carbocycles. The minimum atomic E-state index is -0.302. The summed E-state index contributed by atoms with van der Waals surface area (Å²) in [6.07, 6.45) is 0. The molecule has 1 aromatic heterocycles. The van der Waals surface area contributed by atoms with E-state index in [1.165, 1.54) is 23.5 Å². The van der Waals surface area contributed by atoms with Gasteiger partial charge in [0.15, 0.2) is 0 Å². The maximum Gasteiger partial charge on any atom is 0.264 e. The highest BCUT2D eigenvalue weighted by atomic mass is 32.1. The second-order valence-electron chi connectivity index (χ2n) is 4.46. The molecule has 3 nitrogen and oxygen atoms in total. The average Bonchev–Trinajstić information content (AvgIpc) is 2.93. The third-order valence-corrected chi connectivity index (χ3v) is 3.77. The van der Waals surface area contributed by atoms with E-state index in [9.17, 15) is 9.18 Å². The molecule has 1 amide bonds. The molecule has 2 N–H and O–H groups in total. The fraction of sp³-hybridized carbons (Fsp3) is 0.188. The molecule has 0 aliphatic rings. The number of hydrogen-bond donors (Lipinski definition) is 1. The Morgan fingerprint density at radius 1 is 1.38 bits per heavy atom. The molecular weight excluding hydrogens is 287 g/mol. The molecule has 0 unspecified atom stereocenters. The summed E-state index contributed by atoms with van der Waals surface area (Å²) >= 11 is 1.33. The minimum Gasteiger partial charge on any atom is -0.337 e. The Kier molecular flexibility index (Phi) is 5.09. The van der Waals surface area contributed by atoms with Gasteiger partial charge in [0.2, 0.25) is 0 Å². The van der Waals surface area contributed by atoms with Crippen LogP contribution in [0.3, 0.4) is 0 Å². The molecule has 0 aliphatic carbocycles. The number of benzene rings is 1. The largest absolute Gasteiger partial charge is 0.337 e. The second-order valence-corrected chi connectivity index (χ2v) is 5.54. The molecule has 5 heteroatoms. The molecular formula is C16H15FN2OS. The zero-order chi connectivity index (χ0) is 15.2. The highest BCUT2D eigenvalue weighted by molar-refractivity contribution is 7.14. The molecule has 2 aromatic rings. The van der Waals surface area contributed by atoms with Crippen LogP contribution in [0.25, 0.3) is 0 Å². The number of rotatable bonds is 3. The van der Waals surface area contributed by atoms with E-state index < -0.39 is 0 Å². The zero-order valence-corrected chi connectivity index (χ0v) is 12.4. The minimum absolute atomic E-state index is 0.106. The molecule has 0 fully saturated rings. The number of hydrogen-bond acceptors (Lipinski definition) is 3. The number of carbonyl (C=O) groups excluding carboxylic acids is 1. The molecule has 108 valence electrons. The maximum atomic E-state index is 13.1. The Bertz CT molecular complexity index is 700. The van der Waals surface area contributed by atoms with E-state index in [0.717, 1.165) is 10.4 Å². The molecule has 2 rings (SSSR count). The normalized spacial score (nSPS) is 9.86. The van der Waals surface area contributed by atoms with Crippen LogP contribution in [-0.4, -0.2) is 24.4 Å². The first-order valence-corrected chi connectivity index (χ1v) is 7.20. The van der Waals surface area contributed by atoms with E-state index in [4.69, 9.17) is 5.73 Å². The van der Waals surface area contributed by atoms with Gasteiger partial charge in [-0.05, 0) is 29.8 Å². The Labute approximate surface area is 127 Å². The van der Waals surface area contributed by atoms with E-state index in [2.05, 4.69) is 11.8 Å². The van der Waals surface area contributed by atoms with Gasteiger partial charge in [-0.25, -0.2) is 4.39 Å². The van der Waals surface area contributed by atoms with Gasteiger partial charge in [0.25, 0.3) is 5.91 Å². The van der Waals surface area contributed by atoms with Gasteiger partial charge >= 0.3 is 0 Å². The lowest BCUT2D eigenvalue weighted by Crippen LogP contribution is -2.25. The second kappa shape index (κ2) is 7.02. The topological polar surface area (TPSA) is 46.3 Å². The average molecular weight is 302 g/mol.